The molecule has 2 unspecified atom stereocenters. The number of hydrogen-bond donors (Lipinski definition) is 2. The molecule has 2 heterocycles. The van der Waals surface area contributed by atoms with Crippen LogP contribution in [0, 0.1) is 0 Å². The maximum absolute atomic E-state index is 13.1. The fourth-order valence-electron chi connectivity index (χ4n) is 2.63. The molecule has 0 spiro atoms. The van der Waals surface area contributed by atoms with Gasteiger partial charge >= 0.3 is 0 Å². The van der Waals surface area contributed by atoms with Crippen molar-refractivity contribution in [3.05, 3.63) is 60.4 Å². The van der Waals surface area contributed by atoms with Gasteiger partial charge in [0.25, 0.3) is 0 Å². The third-order valence-corrected chi connectivity index (χ3v) is 7.05. The average molecular weight is 377 g/mol. The number of hydrogen-bond acceptors (Lipinski definition) is 6. The Kier molecular flexibility index (Phi) is 5.72. The van der Waals surface area contributed by atoms with E-state index in [2.05, 4.69) is 15.6 Å². The summed E-state index contributed by atoms with van der Waals surface area (Å²) in [5.74, 6) is 1.24. The third-order valence-electron chi connectivity index (χ3n) is 4.00. The van der Waals surface area contributed by atoms with Gasteiger partial charge < -0.3 is 5.32 Å². The van der Waals surface area contributed by atoms with Crippen LogP contribution in [0.1, 0.15) is 10.8 Å². The highest BCUT2D eigenvalue weighted by molar-refractivity contribution is 7.99. The van der Waals surface area contributed by atoms with Gasteiger partial charge in [-0.15, -0.1) is 11.8 Å². The standard InChI is InChI=1S/C17H19N3O3S2/c21-17(15-11-24-12-20-15)19-10-16(13-5-4-8-18-9-13)25(22,23)14-6-2-1-3-7-14/h1-9,15-16,20H,10-12H2,(H,19,21). The van der Waals surface area contributed by atoms with Gasteiger partial charge in [-0.05, 0) is 23.8 Å². The highest BCUT2D eigenvalue weighted by Gasteiger charge is 2.31. The average Bonchev–Trinajstić information content (AvgIpc) is 3.18. The SMILES string of the molecule is O=C(NCC(c1cccnc1)S(=O)(=O)c1ccccc1)C1CSCN1. The van der Waals surface area contributed by atoms with Gasteiger partial charge in [-0.3, -0.25) is 15.1 Å². The number of sulfone groups is 1. The van der Waals surface area contributed by atoms with Gasteiger partial charge in [0.05, 0.1) is 10.9 Å². The highest BCUT2D eigenvalue weighted by Crippen LogP contribution is 2.28. The number of benzene rings is 1. The first-order valence-corrected chi connectivity index (χ1v) is 10.6. The fourth-order valence-corrected chi connectivity index (χ4v) is 5.23. The number of amides is 1. The minimum atomic E-state index is -3.65. The minimum Gasteiger partial charge on any atom is -0.353 e. The fraction of sp³-hybridized carbons (Fsp3) is 0.294. The summed E-state index contributed by atoms with van der Waals surface area (Å²) in [7, 11) is -3.65. The molecule has 3 rings (SSSR count). The zero-order chi connectivity index (χ0) is 17.7. The Morgan fingerprint density at radius 2 is 2.08 bits per heavy atom. The van der Waals surface area contributed by atoms with E-state index in [0.29, 0.717) is 11.3 Å². The lowest BCUT2D eigenvalue weighted by Crippen LogP contribution is -2.44. The topological polar surface area (TPSA) is 88.2 Å². The zero-order valence-electron chi connectivity index (χ0n) is 13.5. The van der Waals surface area contributed by atoms with E-state index >= 15 is 0 Å². The Morgan fingerprint density at radius 3 is 2.72 bits per heavy atom. The van der Waals surface area contributed by atoms with Crippen LogP contribution in [-0.2, 0) is 14.6 Å². The molecule has 1 amide bonds. The molecule has 1 aromatic carbocycles. The predicted octanol–water partition coefficient (Wildman–Crippen LogP) is 1.38. The van der Waals surface area contributed by atoms with Gasteiger partial charge in [-0.2, -0.15) is 0 Å². The van der Waals surface area contributed by atoms with Gasteiger partial charge in [0.1, 0.15) is 5.25 Å². The molecular weight excluding hydrogens is 358 g/mol. The van der Waals surface area contributed by atoms with Gasteiger partial charge in [-0.1, -0.05) is 24.3 Å². The van der Waals surface area contributed by atoms with E-state index in [1.807, 2.05) is 0 Å². The Morgan fingerprint density at radius 1 is 1.28 bits per heavy atom. The smallest absolute Gasteiger partial charge is 0.238 e. The van der Waals surface area contributed by atoms with E-state index in [0.717, 1.165) is 5.88 Å². The van der Waals surface area contributed by atoms with Crippen molar-refractivity contribution in [3.8, 4) is 0 Å². The van der Waals surface area contributed by atoms with E-state index in [-0.39, 0.29) is 23.4 Å². The van der Waals surface area contributed by atoms with Crippen molar-refractivity contribution in [3.63, 3.8) is 0 Å². The summed E-state index contributed by atoms with van der Waals surface area (Å²) in [6.45, 7) is 0.00456. The highest BCUT2D eigenvalue weighted by atomic mass is 32.2. The summed E-state index contributed by atoms with van der Waals surface area (Å²) >= 11 is 1.64. The lowest BCUT2D eigenvalue weighted by Gasteiger charge is -2.20. The van der Waals surface area contributed by atoms with Crippen molar-refractivity contribution in [2.75, 3.05) is 18.2 Å². The normalized spacial score (nSPS) is 18.6. The summed E-state index contributed by atoms with van der Waals surface area (Å²) in [5, 5.41) is 4.97. The third kappa shape index (κ3) is 4.20. The first-order chi connectivity index (χ1) is 12.1. The van der Waals surface area contributed by atoms with Crippen LogP contribution < -0.4 is 10.6 Å². The largest absolute Gasteiger partial charge is 0.353 e. The molecule has 6 nitrogen and oxygen atoms in total. The van der Waals surface area contributed by atoms with Crippen LogP contribution in [0.4, 0.5) is 0 Å². The lowest BCUT2D eigenvalue weighted by atomic mass is 10.2. The number of rotatable bonds is 6. The number of nitrogens with one attached hydrogen (secondary N) is 2. The van der Waals surface area contributed by atoms with Crippen LogP contribution in [0.15, 0.2) is 59.8 Å². The molecule has 1 aliphatic heterocycles. The summed E-state index contributed by atoms with van der Waals surface area (Å²) in [6, 6.07) is 11.4. The first-order valence-electron chi connectivity index (χ1n) is 7.87. The van der Waals surface area contributed by atoms with Gasteiger partial charge in [0, 0.05) is 30.6 Å². The Hall–Kier alpha value is -1.90. The first kappa shape index (κ1) is 17.9. The van der Waals surface area contributed by atoms with Crippen LogP contribution in [0.5, 0.6) is 0 Å². The number of aromatic nitrogens is 1. The van der Waals surface area contributed by atoms with Crippen molar-refractivity contribution < 1.29 is 13.2 Å². The molecule has 0 radical (unpaired) electrons. The molecule has 0 aliphatic carbocycles. The summed E-state index contributed by atoms with van der Waals surface area (Å²) in [5.41, 5.74) is 0.556. The Labute approximate surface area is 151 Å². The summed E-state index contributed by atoms with van der Waals surface area (Å²) < 4.78 is 26.1. The minimum absolute atomic E-state index is 0.00456. The maximum Gasteiger partial charge on any atom is 0.238 e. The van der Waals surface area contributed by atoms with Crippen molar-refractivity contribution in [2.45, 2.75) is 16.2 Å². The molecular formula is C17H19N3O3S2. The van der Waals surface area contributed by atoms with E-state index in [1.54, 1.807) is 60.4 Å². The van der Waals surface area contributed by atoms with E-state index in [1.165, 1.54) is 6.20 Å². The Bertz CT molecular complexity index is 808. The molecule has 1 aliphatic rings. The van der Waals surface area contributed by atoms with Crippen molar-refractivity contribution in [2.24, 2.45) is 0 Å². The van der Waals surface area contributed by atoms with E-state index in [4.69, 9.17) is 0 Å². The number of pyridine rings is 1. The molecule has 25 heavy (non-hydrogen) atoms. The van der Waals surface area contributed by atoms with E-state index < -0.39 is 15.1 Å². The van der Waals surface area contributed by atoms with Crippen molar-refractivity contribution >= 4 is 27.5 Å². The zero-order valence-corrected chi connectivity index (χ0v) is 15.1. The molecule has 132 valence electrons. The van der Waals surface area contributed by atoms with Crippen LogP contribution in [0.3, 0.4) is 0 Å². The molecule has 2 N–H and O–H groups in total. The molecule has 2 atom stereocenters. The van der Waals surface area contributed by atoms with E-state index in [9.17, 15) is 13.2 Å². The second-order valence-electron chi connectivity index (χ2n) is 5.65. The molecule has 0 saturated carbocycles. The number of carbonyl (C=O) groups excluding carboxylic acids is 1. The van der Waals surface area contributed by atoms with Crippen LogP contribution >= 0.6 is 11.8 Å². The van der Waals surface area contributed by atoms with Crippen LogP contribution in [-0.4, -0.2) is 43.5 Å². The van der Waals surface area contributed by atoms with Crippen LogP contribution in [0.25, 0.3) is 0 Å². The van der Waals surface area contributed by atoms with Crippen molar-refractivity contribution in [1.29, 1.82) is 0 Å². The molecule has 1 saturated heterocycles. The maximum atomic E-state index is 13.1. The van der Waals surface area contributed by atoms with Gasteiger partial charge in [0.2, 0.25) is 5.91 Å². The lowest BCUT2D eigenvalue weighted by molar-refractivity contribution is -0.122. The second kappa shape index (κ2) is 7.99. The van der Waals surface area contributed by atoms with Crippen LogP contribution in [0.2, 0.25) is 0 Å². The molecule has 8 heteroatoms. The molecule has 0 bridgehead atoms. The van der Waals surface area contributed by atoms with Crippen molar-refractivity contribution in [1.82, 2.24) is 15.6 Å². The predicted molar refractivity (Wildman–Crippen MR) is 97.9 cm³/mol. The van der Waals surface area contributed by atoms with Gasteiger partial charge in [0.15, 0.2) is 9.84 Å². The number of carbonyl (C=O) groups is 1. The quantitative estimate of drug-likeness (QED) is 0.791. The number of nitrogens with zero attached hydrogens (tertiary/aromatic N) is 1. The Balaban J connectivity index is 1.84. The molecule has 1 aromatic heterocycles. The summed E-state index contributed by atoms with van der Waals surface area (Å²) in [6.07, 6.45) is 3.12. The van der Waals surface area contributed by atoms with Gasteiger partial charge in [-0.25, -0.2) is 8.42 Å². The molecule has 1 fully saturated rings. The monoisotopic (exact) mass is 377 g/mol. The summed E-state index contributed by atoms with van der Waals surface area (Å²) in [4.78, 5) is 16.5. The second-order valence-corrected chi connectivity index (χ2v) is 8.81. The number of thioether (sulfide) groups is 1. The molecule has 2 aromatic rings.